The summed E-state index contributed by atoms with van der Waals surface area (Å²) < 4.78 is 11.8. The SMILES string of the molecule is CCNC(=NCC(CC)Oc1ccccc1)N1CCC(OCC)CC1.I. The molecule has 0 amide bonds. The Kier molecular flexibility index (Phi) is 11.7. The van der Waals surface area contributed by atoms with Gasteiger partial charge in [0.2, 0.25) is 0 Å². The summed E-state index contributed by atoms with van der Waals surface area (Å²) in [6.45, 7) is 10.6. The van der Waals surface area contributed by atoms with E-state index in [0.717, 1.165) is 57.2 Å². The number of rotatable bonds is 8. The minimum Gasteiger partial charge on any atom is -0.489 e. The number of halogens is 1. The average molecular weight is 475 g/mol. The van der Waals surface area contributed by atoms with Crippen LogP contribution < -0.4 is 10.1 Å². The molecule has 0 aromatic heterocycles. The lowest BCUT2D eigenvalue weighted by atomic mass is 10.1. The fourth-order valence-corrected chi connectivity index (χ4v) is 3.03. The van der Waals surface area contributed by atoms with Crippen molar-refractivity contribution < 1.29 is 9.47 Å². The molecule has 1 heterocycles. The maximum Gasteiger partial charge on any atom is 0.194 e. The maximum absolute atomic E-state index is 6.06. The third-order valence-electron chi connectivity index (χ3n) is 4.42. The highest BCUT2D eigenvalue weighted by Crippen LogP contribution is 2.15. The Balaban J connectivity index is 0.00000338. The van der Waals surface area contributed by atoms with E-state index in [2.05, 4.69) is 31.0 Å². The number of aliphatic imine (C=N–C) groups is 1. The molecule has 1 fully saturated rings. The highest BCUT2D eigenvalue weighted by molar-refractivity contribution is 14.0. The van der Waals surface area contributed by atoms with Crippen molar-refractivity contribution in [3.05, 3.63) is 30.3 Å². The van der Waals surface area contributed by atoms with Crippen molar-refractivity contribution in [2.24, 2.45) is 4.99 Å². The normalized spacial score (nSPS) is 16.7. The average Bonchev–Trinajstić information content (AvgIpc) is 2.66. The Bertz CT molecular complexity index is 505. The molecule has 1 N–H and O–H groups in total. The van der Waals surface area contributed by atoms with Gasteiger partial charge in [-0.2, -0.15) is 0 Å². The van der Waals surface area contributed by atoms with Gasteiger partial charge in [-0.1, -0.05) is 25.1 Å². The van der Waals surface area contributed by atoms with E-state index in [0.29, 0.717) is 12.6 Å². The molecule has 148 valence electrons. The number of ether oxygens (including phenoxy) is 2. The fourth-order valence-electron chi connectivity index (χ4n) is 3.03. The van der Waals surface area contributed by atoms with E-state index in [9.17, 15) is 0 Å². The van der Waals surface area contributed by atoms with Crippen LogP contribution in [0.3, 0.4) is 0 Å². The van der Waals surface area contributed by atoms with Crippen LogP contribution in [0.4, 0.5) is 0 Å². The summed E-state index contributed by atoms with van der Waals surface area (Å²) in [4.78, 5) is 7.18. The standard InChI is InChI=1S/C20H33N3O2.HI/c1-4-17(25-19-10-8-7-9-11-19)16-22-20(21-5-2)23-14-12-18(13-15-23)24-6-3;/h7-11,17-18H,4-6,12-16H2,1-3H3,(H,21,22);1H. The molecule has 26 heavy (non-hydrogen) atoms. The Labute approximate surface area is 175 Å². The van der Waals surface area contributed by atoms with Crippen molar-refractivity contribution in [3.63, 3.8) is 0 Å². The molecule has 0 aliphatic carbocycles. The van der Waals surface area contributed by atoms with Crippen LogP contribution in [0, 0.1) is 0 Å². The molecule has 1 aromatic rings. The van der Waals surface area contributed by atoms with E-state index < -0.39 is 0 Å². The Morgan fingerprint density at radius 1 is 1.19 bits per heavy atom. The number of hydrogen-bond acceptors (Lipinski definition) is 3. The smallest absolute Gasteiger partial charge is 0.194 e. The monoisotopic (exact) mass is 475 g/mol. The van der Waals surface area contributed by atoms with Crippen LogP contribution in [-0.4, -0.2) is 55.9 Å². The number of guanidine groups is 1. The van der Waals surface area contributed by atoms with Gasteiger partial charge in [-0.05, 0) is 45.2 Å². The predicted molar refractivity (Wildman–Crippen MR) is 119 cm³/mol. The van der Waals surface area contributed by atoms with Crippen molar-refractivity contribution in [1.29, 1.82) is 0 Å². The summed E-state index contributed by atoms with van der Waals surface area (Å²) >= 11 is 0. The van der Waals surface area contributed by atoms with Gasteiger partial charge in [0.25, 0.3) is 0 Å². The second kappa shape index (κ2) is 13.2. The summed E-state index contributed by atoms with van der Waals surface area (Å²) in [6, 6.07) is 9.99. The maximum atomic E-state index is 6.06. The Hall–Kier alpha value is -1.02. The first kappa shape index (κ1) is 23.0. The summed E-state index contributed by atoms with van der Waals surface area (Å²) in [5.41, 5.74) is 0. The number of nitrogens with zero attached hydrogens (tertiary/aromatic N) is 2. The molecule has 5 nitrogen and oxygen atoms in total. The molecule has 1 saturated heterocycles. The zero-order valence-corrected chi connectivity index (χ0v) is 18.6. The van der Waals surface area contributed by atoms with Gasteiger partial charge in [-0.25, -0.2) is 4.99 Å². The zero-order valence-electron chi connectivity index (χ0n) is 16.3. The highest BCUT2D eigenvalue weighted by atomic mass is 127. The van der Waals surface area contributed by atoms with Crippen molar-refractivity contribution >= 4 is 29.9 Å². The lowest BCUT2D eigenvalue weighted by Crippen LogP contribution is -2.47. The van der Waals surface area contributed by atoms with Gasteiger partial charge in [-0.15, -0.1) is 24.0 Å². The van der Waals surface area contributed by atoms with Gasteiger partial charge in [0.1, 0.15) is 11.9 Å². The number of nitrogens with one attached hydrogen (secondary N) is 1. The van der Waals surface area contributed by atoms with Crippen molar-refractivity contribution in [2.75, 3.05) is 32.8 Å². The fraction of sp³-hybridized carbons (Fsp3) is 0.650. The van der Waals surface area contributed by atoms with E-state index in [1.165, 1.54) is 0 Å². The number of hydrogen-bond donors (Lipinski definition) is 1. The molecule has 2 rings (SSSR count). The molecule has 1 aliphatic rings. The van der Waals surface area contributed by atoms with Crippen molar-refractivity contribution in [2.45, 2.75) is 52.2 Å². The van der Waals surface area contributed by atoms with Gasteiger partial charge in [0.15, 0.2) is 5.96 Å². The Morgan fingerprint density at radius 2 is 1.88 bits per heavy atom. The van der Waals surface area contributed by atoms with Crippen molar-refractivity contribution in [3.8, 4) is 5.75 Å². The van der Waals surface area contributed by atoms with Crippen LogP contribution in [0.25, 0.3) is 0 Å². The molecule has 0 saturated carbocycles. The minimum atomic E-state index is 0. The third-order valence-corrected chi connectivity index (χ3v) is 4.42. The van der Waals surface area contributed by atoms with Gasteiger partial charge in [0, 0.05) is 26.2 Å². The quantitative estimate of drug-likeness (QED) is 0.352. The van der Waals surface area contributed by atoms with Crippen LogP contribution >= 0.6 is 24.0 Å². The number of likely N-dealkylation sites (tertiary alicyclic amines) is 1. The molecule has 1 atom stereocenters. The predicted octanol–water partition coefficient (Wildman–Crippen LogP) is 3.93. The number of benzene rings is 1. The lowest BCUT2D eigenvalue weighted by Gasteiger charge is -2.34. The van der Waals surface area contributed by atoms with Gasteiger partial charge >= 0.3 is 0 Å². The van der Waals surface area contributed by atoms with Crippen LogP contribution in [0.15, 0.2) is 35.3 Å². The van der Waals surface area contributed by atoms with Crippen LogP contribution in [-0.2, 0) is 4.74 Å². The molecule has 1 aromatic carbocycles. The largest absolute Gasteiger partial charge is 0.489 e. The molecule has 1 unspecified atom stereocenters. The first-order valence-corrected chi connectivity index (χ1v) is 9.63. The van der Waals surface area contributed by atoms with Gasteiger partial charge in [-0.3, -0.25) is 0 Å². The third kappa shape index (κ3) is 7.70. The topological polar surface area (TPSA) is 46.1 Å². The second-order valence-electron chi connectivity index (χ2n) is 6.30. The van der Waals surface area contributed by atoms with E-state index >= 15 is 0 Å². The molecule has 0 radical (unpaired) electrons. The van der Waals surface area contributed by atoms with Crippen LogP contribution in [0.5, 0.6) is 5.75 Å². The van der Waals surface area contributed by atoms with Crippen LogP contribution in [0.1, 0.15) is 40.0 Å². The molecular weight excluding hydrogens is 441 g/mol. The second-order valence-corrected chi connectivity index (χ2v) is 6.30. The van der Waals surface area contributed by atoms with E-state index in [1.807, 2.05) is 30.3 Å². The first-order valence-electron chi connectivity index (χ1n) is 9.63. The molecule has 0 spiro atoms. The Morgan fingerprint density at radius 3 is 2.46 bits per heavy atom. The molecule has 0 bridgehead atoms. The van der Waals surface area contributed by atoms with E-state index in [-0.39, 0.29) is 30.1 Å². The minimum absolute atomic E-state index is 0. The molecule has 1 aliphatic heterocycles. The highest BCUT2D eigenvalue weighted by Gasteiger charge is 2.21. The summed E-state index contributed by atoms with van der Waals surface area (Å²) in [5.74, 6) is 1.90. The van der Waals surface area contributed by atoms with Gasteiger partial charge in [0.05, 0.1) is 12.6 Å². The molecular formula is C20H34IN3O2. The van der Waals surface area contributed by atoms with Crippen molar-refractivity contribution in [1.82, 2.24) is 10.2 Å². The lowest BCUT2D eigenvalue weighted by molar-refractivity contribution is 0.0263. The first-order chi connectivity index (χ1) is 12.3. The summed E-state index contributed by atoms with van der Waals surface area (Å²) in [5, 5.41) is 3.42. The van der Waals surface area contributed by atoms with Crippen LogP contribution in [0.2, 0.25) is 0 Å². The number of para-hydroxylation sites is 1. The molecule has 6 heteroatoms. The van der Waals surface area contributed by atoms with E-state index in [4.69, 9.17) is 14.5 Å². The summed E-state index contributed by atoms with van der Waals surface area (Å²) in [6.07, 6.45) is 3.56. The summed E-state index contributed by atoms with van der Waals surface area (Å²) in [7, 11) is 0. The zero-order chi connectivity index (χ0) is 17.9. The van der Waals surface area contributed by atoms with E-state index in [1.54, 1.807) is 0 Å². The van der Waals surface area contributed by atoms with Gasteiger partial charge < -0.3 is 19.7 Å². The number of piperidine rings is 1.